The predicted molar refractivity (Wildman–Crippen MR) is 82.5 cm³/mol. The second kappa shape index (κ2) is 7.53. The van der Waals surface area contributed by atoms with Crippen molar-refractivity contribution in [2.45, 2.75) is 70.0 Å². The minimum absolute atomic E-state index is 0.0519. The first kappa shape index (κ1) is 15.2. The Balaban J connectivity index is 1.76. The molecule has 2 fully saturated rings. The van der Waals surface area contributed by atoms with Gasteiger partial charge in [-0.1, -0.05) is 12.8 Å². The molecule has 2 N–H and O–H groups in total. The minimum Gasteiger partial charge on any atom is -0.352 e. The van der Waals surface area contributed by atoms with Crippen molar-refractivity contribution in [1.29, 1.82) is 0 Å². The molecule has 0 radical (unpaired) electrons. The molecule has 110 valence electrons. The third-order valence-corrected chi connectivity index (χ3v) is 5.25. The summed E-state index contributed by atoms with van der Waals surface area (Å²) in [6.07, 6.45) is 10.7. The smallest absolute Gasteiger partial charge is 0.237 e. The lowest BCUT2D eigenvalue weighted by molar-refractivity contribution is -0.125. The zero-order valence-electron chi connectivity index (χ0n) is 12.3. The van der Waals surface area contributed by atoms with E-state index in [9.17, 15) is 4.79 Å². The van der Waals surface area contributed by atoms with Crippen molar-refractivity contribution >= 4 is 17.7 Å². The van der Waals surface area contributed by atoms with Gasteiger partial charge in [-0.05, 0) is 57.0 Å². The van der Waals surface area contributed by atoms with Crippen LogP contribution in [0.4, 0.5) is 0 Å². The Morgan fingerprint density at radius 3 is 2.89 bits per heavy atom. The topological polar surface area (TPSA) is 41.1 Å². The highest BCUT2D eigenvalue weighted by Gasteiger charge is 2.34. The third-order valence-electron chi connectivity index (χ3n) is 4.61. The number of carbonyl (C=O) groups is 1. The maximum absolute atomic E-state index is 12.3. The van der Waals surface area contributed by atoms with E-state index in [2.05, 4.69) is 23.8 Å². The Bertz CT molecular complexity index is 298. The van der Waals surface area contributed by atoms with Crippen molar-refractivity contribution in [2.24, 2.45) is 5.92 Å². The van der Waals surface area contributed by atoms with E-state index in [0.717, 1.165) is 24.5 Å². The summed E-state index contributed by atoms with van der Waals surface area (Å²) >= 11 is 1.84. The molecule has 1 heterocycles. The van der Waals surface area contributed by atoms with Crippen molar-refractivity contribution < 1.29 is 4.79 Å². The van der Waals surface area contributed by atoms with Crippen molar-refractivity contribution in [2.75, 3.05) is 12.0 Å². The van der Waals surface area contributed by atoms with Crippen LogP contribution < -0.4 is 10.6 Å². The molecule has 0 aromatic carbocycles. The number of hydrogen-bond donors (Lipinski definition) is 2. The Hall–Kier alpha value is -0.220. The van der Waals surface area contributed by atoms with E-state index in [1.807, 2.05) is 11.8 Å². The predicted octanol–water partition coefficient (Wildman–Crippen LogP) is 2.55. The Labute approximate surface area is 121 Å². The van der Waals surface area contributed by atoms with E-state index in [0.29, 0.717) is 12.1 Å². The molecule has 1 saturated heterocycles. The third kappa shape index (κ3) is 4.38. The lowest BCUT2D eigenvalue weighted by atomic mass is 9.77. The van der Waals surface area contributed by atoms with Crippen LogP contribution in [0.15, 0.2) is 0 Å². The average Bonchev–Trinajstić information content (AvgIpc) is 2.44. The fraction of sp³-hybridized carbons (Fsp3) is 0.933. The Kier molecular flexibility index (Phi) is 6.02. The number of carbonyl (C=O) groups excluding carboxylic acids is 1. The van der Waals surface area contributed by atoms with E-state index in [1.54, 1.807) is 0 Å². The van der Waals surface area contributed by atoms with E-state index < -0.39 is 0 Å². The van der Waals surface area contributed by atoms with Crippen molar-refractivity contribution in [3.8, 4) is 0 Å². The number of hydrogen-bond acceptors (Lipinski definition) is 3. The summed E-state index contributed by atoms with van der Waals surface area (Å²) in [7, 11) is 0. The number of nitrogens with one attached hydrogen (secondary N) is 2. The van der Waals surface area contributed by atoms with E-state index in [1.165, 1.54) is 32.1 Å². The summed E-state index contributed by atoms with van der Waals surface area (Å²) in [4.78, 5) is 12.3. The van der Waals surface area contributed by atoms with Gasteiger partial charge >= 0.3 is 0 Å². The summed E-state index contributed by atoms with van der Waals surface area (Å²) < 4.78 is 0. The van der Waals surface area contributed by atoms with Crippen molar-refractivity contribution in [3.63, 3.8) is 0 Å². The lowest BCUT2D eigenvalue weighted by Crippen LogP contribution is -2.56. The van der Waals surface area contributed by atoms with Gasteiger partial charge in [-0.3, -0.25) is 4.79 Å². The van der Waals surface area contributed by atoms with Gasteiger partial charge in [0.15, 0.2) is 0 Å². The number of thioether (sulfide) groups is 1. The van der Waals surface area contributed by atoms with Crippen LogP contribution in [-0.4, -0.2) is 36.0 Å². The standard InChI is InChI=1S/C15H28N2OS/c1-11(9-10-19-2)16-15(18)14-8-7-12-5-3-4-6-13(12)17-14/h11-14,17H,3-10H2,1-2H3,(H,16,18). The van der Waals surface area contributed by atoms with Crippen LogP contribution in [0, 0.1) is 5.92 Å². The molecule has 1 saturated carbocycles. The summed E-state index contributed by atoms with van der Waals surface area (Å²) in [5, 5.41) is 6.76. The molecular weight excluding hydrogens is 256 g/mol. The summed E-state index contributed by atoms with van der Waals surface area (Å²) in [6.45, 7) is 2.11. The molecule has 4 atom stereocenters. The first-order chi connectivity index (χ1) is 9.20. The van der Waals surface area contributed by atoms with E-state index in [-0.39, 0.29) is 11.9 Å². The fourth-order valence-electron chi connectivity index (χ4n) is 3.41. The second-order valence-corrected chi connectivity index (χ2v) is 7.12. The van der Waals surface area contributed by atoms with Gasteiger partial charge in [0.05, 0.1) is 6.04 Å². The first-order valence-corrected chi connectivity index (χ1v) is 9.15. The largest absolute Gasteiger partial charge is 0.352 e. The van der Waals surface area contributed by atoms with Crippen LogP contribution in [-0.2, 0) is 4.79 Å². The zero-order valence-corrected chi connectivity index (χ0v) is 13.1. The van der Waals surface area contributed by atoms with Gasteiger partial charge in [-0.15, -0.1) is 0 Å². The normalized spacial score (nSPS) is 32.4. The van der Waals surface area contributed by atoms with E-state index >= 15 is 0 Å². The molecule has 1 amide bonds. The Morgan fingerprint density at radius 2 is 2.11 bits per heavy atom. The molecule has 4 unspecified atom stereocenters. The number of fused-ring (bicyclic) bond motifs is 1. The van der Waals surface area contributed by atoms with Gasteiger partial charge in [0.1, 0.15) is 0 Å². The zero-order chi connectivity index (χ0) is 13.7. The van der Waals surface area contributed by atoms with Gasteiger partial charge < -0.3 is 10.6 Å². The number of rotatable bonds is 5. The van der Waals surface area contributed by atoms with Crippen LogP contribution in [0.2, 0.25) is 0 Å². The van der Waals surface area contributed by atoms with Crippen molar-refractivity contribution in [1.82, 2.24) is 10.6 Å². The van der Waals surface area contributed by atoms with Crippen LogP contribution in [0.5, 0.6) is 0 Å². The highest BCUT2D eigenvalue weighted by molar-refractivity contribution is 7.98. The van der Waals surface area contributed by atoms with E-state index in [4.69, 9.17) is 0 Å². The quantitative estimate of drug-likeness (QED) is 0.815. The molecule has 2 aliphatic rings. The molecule has 1 aliphatic carbocycles. The van der Waals surface area contributed by atoms with Crippen LogP contribution in [0.25, 0.3) is 0 Å². The fourth-order valence-corrected chi connectivity index (χ4v) is 4.00. The summed E-state index contributed by atoms with van der Waals surface area (Å²) in [5.74, 6) is 2.16. The van der Waals surface area contributed by atoms with Gasteiger partial charge in [0.25, 0.3) is 0 Å². The molecule has 2 rings (SSSR count). The van der Waals surface area contributed by atoms with Crippen molar-refractivity contribution in [3.05, 3.63) is 0 Å². The molecule has 19 heavy (non-hydrogen) atoms. The van der Waals surface area contributed by atoms with Gasteiger partial charge in [-0.2, -0.15) is 11.8 Å². The molecule has 0 aromatic rings. The SMILES string of the molecule is CSCCC(C)NC(=O)C1CCC2CCCCC2N1. The summed E-state index contributed by atoms with van der Waals surface area (Å²) in [6, 6.07) is 0.946. The maximum Gasteiger partial charge on any atom is 0.237 e. The highest BCUT2D eigenvalue weighted by atomic mass is 32.2. The van der Waals surface area contributed by atoms with Gasteiger partial charge in [0, 0.05) is 12.1 Å². The Morgan fingerprint density at radius 1 is 1.32 bits per heavy atom. The van der Waals surface area contributed by atoms with Crippen LogP contribution in [0.3, 0.4) is 0 Å². The van der Waals surface area contributed by atoms with Crippen LogP contribution in [0.1, 0.15) is 51.9 Å². The molecule has 0 bridgehead atoms. The monoisotopic (exact) mass is 284 g/mol. The second-order valence-electron chi connectivity index (χ2n) is 6.14. The average molecular weight is 284 g/mol. The van der Waals surface area contributed by atoms with Crippen LogP contribution >= 0.6 is 11.8 Å². The number of amides is 1. The van der Waals surface area contributed by atoms with Gasteiger partial charge in [0.2, 0.25) is 5.91 Å². The maximum atomic E-state index is 12.3. The molecule has 0 aromatic heterocycles. The molecule has 3 nitrogen and oxygen atoms in total. The highest BCUT2D eigenvalue weighted by Crippen LogP contribution is 2.32. The first-order valence-electron chi connectivity index (χ1n) is 7.76. The molecular formula is C15H28N2OS. The molecule has 4 heteroatoms. The number of piperidine rings is 1. The molecule has 0 spiro atoms. The lowest BCUT2D eigenvalue weighted by Gasteiger charge is -2.40. The molecule has 1 aliphatic heterocycles. The van der Waals surface area contributed by atoms with Gasteiger partial charge in [-0.25, -0.2) is 0 Å². The minimum atomic E-state index is 0.0519. The summed E-state index contributed by atoms with van der Waals surface area (Å²) in [5.41, 5.74) is 0.